The summed E-state index contributed by atoms with van der Waals surface area (Å²) >= 11 is 0. The van der Waals surface area contributed by atoms with Crippen LogP contribution in [-0.2, 0) is 10.0 Å². The van der Waals surface area contributed by atoms with Crippen LogP contribution in [0, 0.1) is 5.92 Å². The lowest BCUT2D eigenvalue weighted by molar-refractivity contribution is 0.329. The van der Waals surface area contributed by atoms with Gasteiger partial charge >= 0.3 is 0 Å². The van der Waals surface area contributed by atoms with Crippen molar-refractivity contribution >= 4 is 22.4 Å². The summed E-state index contributed by atoms with van der Waals surface area (Å²) in [5, 5.41) is 0. The Morgan fingerprint density at radius 3 is 2.23 bits per heavy atom. The third-order valence-electron chi connectivity index (χ3n) is 4.82. The molecule has 0 amide bonds. The van der Waals surface area contributed by atoms with Gasteiger partial charge in [-0.1, -0.05) is 48.5 Å². The lowest BCUT2D eigenvalue weighted by Crippen LogP contribution is -2.34. The van der Waals surface area contributed by atoms with Crippen molar-refractivity contribution in [1.82, 2.24) is 9.62 Å². The van der Waals surface area contributed by atoms with Gasteiger partial charge in [-0.3, -0.25) is 0 Å². The Balaban J connectivity index is 0.00000243. The molecule has 1 aliphatic rings. The van der Waals surface area contributed by atoms with Crippen LogP contribution in [-0.4, -0.2) is 46.0 Å². The summed E-state index contributed by atoms with van der Waals surface area (Å²) in [5.74, 6) is 0.824. The number of hydrogen-bond acceptors (Lipinski definition) is 4. The van der Waals surface area contributed by atoms with Crippen molar-refractivity contribution < 1.29 is 8.42 Å². The number of nitrogens with one attached hydrogen (secondary N) is 1. The van der Waals surface area contributed by atoms with E-state index in [2.05, 4.69) is 33.9 Å². The first-order valence-corrected chi connectivity index (χ1v) is 10.1. The average molecular weight is 396 g/mol. The molecule has 1 fully saturated rings. The standard InChI is InChI=1S/C19H25N3O2S.ClH/c20-13-17-14-22(15-19(17)16-7-3-1-4-8-16)12-11-21-25(23,24)18-9-5-2-6-10-18;/h1-10,17,19,21H,11-15,20H2;1H/t17-,19+;/m1./s1. The van der Waals surface area contributed by atoms with Crippen LogP contribution in [0.4, 0.5) is 0 Å². The van der Waals surface area contributed by atoms with Gasteiger partial charge in [-0.15, -0.1) is 12.4 Å². The molecule has 0 saturated carbocycles. The molecule has 2 aromatic rings. The largest absolute Gasteiger partial charge is 0.330 e. The number of rotatable bonds is 7. The van der Waals surface area contributed by atoms with E-state index in [9.17, 15) is 8.42 Å². The van der Waals surface area contributed by atoms with Crippen molar-refractivity contribution in [2.45, 2.75) is 10.8 Å². The van der Waals surface area contributed by atoms with Crippen molar-refractivity contribution in [3.63, 3.8) is 0 Å². The maximum atomic E-state index is 12.3. The van der Waals surface area contributed by atoms with Gasteiger partial charge in [0.15, 0.2) is 0 Å². The molecule has 2 atom stereocenters. The molecule has 26 heavy (non-hydrogen) atoms. The number of likely N-dealkylation sites (tertiary alicyclic amines) is 1. The summed E-state index contributed by atoms with van der Waals surface area (Å²) in [5.41, 5.74) is 7.27. The molecule has 2 aromatic carbocycles. The van der Waals surface area contributed by atoms with E-state index in [1.807, 2.05) is 6.07 Å². The Labute approximate surface area is 162 Å². The minimum Gasteiger partial charge on any atom is -0.330 e. The molecule has 0 spiro atoms. The van der Waals surface area contributed by atoms with Crippen LogP contribution < -0.4 is 10.5 Å². The highest BCUT2D eigenvalue weighted by molar-refractivity contribution is 7.89. The van der Waals surface area contributed by atoms with Gasteiger partial charge in [0.2, 0.25) is 10.0 Å². The molecular weight excluding hydrogens is 370 g/mol. The third-order valence-corrected chi connectivity index (χ3v) is 6.30. The minimum absolute atomic E-state index is 0. The number of hydrogen-bond donors (Lipinski definition) is 2. The summed E-state index contributed by atoms with van der Waals surface area (Å²) in [4.78, 5) is 2.60. The van der Waals surface area contributed by atoms with Crippen LogP contribution in [0.15, 0.2) is 65.6 Å². The predicted molar refractivity (Wildman–Crippen MR) is 107 cm³/mol. The van der Waals surface area contributed by atoms with Crippen molar-refractivity contribution in [1.29, 1.82) is 0 Å². The van der Waals surface area contributed by atoms with E-state index < -0.39 is 10.0 Å². The van der Waals surface area contributed by atoms with Gasteiger partial charge in [0.25, 0.3) is 0 Å². The highest BCUT2D eigenvalue weighted by Crippen LogP contribution is 2.31. The lowest BCUT2D eigenvalue weighted by atomic mass is 9.89. The molecule has 0 aromatic heterocycles. The first-order valence-electron chi connectivity index (χ1n) is 8.62. The van der Waals surface area contributed by atoms with Crippen LogP contribution in [0.25, 0.3) is 0 Å². The van der Waals surface area contributed by atoms with Gasteiger partial charge in [-0.25, -0.2) is 13.1 Å². The van der Waals surface area contributed by atoms with Crippen molar-refractivity contribution in [3.05, 3.63) is 66.2 Å². The van der Waals surface area contributed by atoms with E-state index in [1.54, 1.807) is 30.3 Å². The van der Waals surface area contributed by atoms with E-state index in [-0.39, 0.29) is 12.4 Å². The highest BCUT2D eigenvalue weighted by Gasteiger charge is 2.32. The van der Waals surface area contributed by atoms with Crippen molar-refractivity contribution in [3.8, 4) is 0 Å². The Kier molecular flexibility index (Phi) is 7.61. The van der Waals surface area contributed by atoms with Crippen molar-refractivity contribution in [2.75, 3.05) is 32.7 Å². The molecule has 1 heterocycles. The lowest BCUT2D eigenvalue weighted by Gasteiger charge is -2.17. The predicted octanol–water partition coefficient (Wildman–Crippen LogP) is 2.06. The monoisotopic (exact) mass is 395 g/mol. The SMILES string of the molecule is Cl.NC[C@@H]1CN(CCNS(=O)(=O)c2ccccc2)C[C@H]1c1ccccc1. The Morgan fingerprint density at radius 1 is 1.00 bits per heavy atom. The van der Waals surface area contributed by atoms with E-state index >= 15 is 0 Å². The Bertz CT molecular complexity index is 772. The number of nitrogens with zero attached hydrogens (tertiary/aromatic N) is 1. The number of nitrogens with two attached hydrogens (primary N) is 1. The second-order valence-electron chi connectivity index (χ2n) is 6.48. The molecule has 142 valence electrons. The van der Waals surface area contributed by atoms with Gasteiger partial charge < -0.3 is 10.6 Å². The summed E-state index contributed by atoms with van der Waals surface area (Å²) < 4.78 is 27.2. The quantitative estimate of drug-likeness (QED) is 0.752. The molecule has 3 N–H and O–H groups in total. The van der Waals surface area contributed by atoms with Gasteiger partial charge in [0.05, 0.1) is 4.90 Å². The van der Waals surface area contributed by atoms with Crippen LogP contribution >= 0.6 is 12.4 Å². The Morgan fingerprint density at radius 2 is 1.62 bits per heavy atom. The van der Waals surface area contributed by atoms with Crippen molar-refractivity contribution in [2.24, 2.45) is 11.7 Å². The maximum Gasteiger partial charge on any atom is 0.240 e. The molecule has 0 radical (unpaired) electrons. The molecule has 1 saturated heterocycles. The van der Waals surface area contributed by atoms with Crippen LogP contribution in [0.3, 0.4) is 0 Å². The van der Waals surface area contributed by atoms with Gasteiger partial charge in [0.1, 0.15) is 0 Å². The van der Waals surface area contributed by atoms with Crippen LogP contribution in [0.2, 0.25) is 0 Å². The Hall–Kier alpha value is -1.44. The number of halogens is 1. The highest BCUT2D eigenvalue weighted by atomic mass is 35.5. The van der Waals surface area contributed by atoms with Gasteiger partial charge in [-0.2, -0.15) is 0 Å². The van der Waals surface area contributed by atoms with Crippen LogP contribution in [0.1, 0.15) is 11.5 Å². The zero-order valence-corrected chi connectivity index (χ0v) is 16.3. The maximum absolute atomic E-state index is 12.3. The number of sulfonamides is 1. The third kappa shape index (κ3) is 5.05. The zero-order valence-electron chi connectivity index (χ0n) is 14.6. The topological polar surface area (TPSA) is 75.4 Å². The fraction of sp³-hybridized carbons (Fsp3) is 0.368. The minimum atomic E-state index is -3.44. The normalized spacial score (nSPS) is 20.7. The first kappa shape index (κ1) is 20.9. The number of benzene rings is 2. The van der Waals surface area contributed by atoms with E-state index in [0.717, 1.165) is 13.1 Å². The molecule has 1 aliphatic heterocycles. The molecule has 0 aliphatic carbocycles. The summed E-state index contributed by atoms with van der Waals surface area (Å²) in [6.07, 6.45) is 0. The fourth-order valence-corrected chi connectivity index (χ4v) is 4.52. The fourth-order valence-electron chi connectivity index (χ4n) is 3.48. The van der Waals surface area contributed by atoms with Gasteiger partial charge in [0, 0.05) is 32.1 Å². The molecule has 7 heteroatoms. The summed E-state index contributed by atoms with van der Waals surface area (Å²) in [6, 6.07) is 18.9. The zero-order chi connectivity index (χ0) is 17.7. The summed E-state index contributed by atoms with van der Waals surface area (Å²) in [6.45, 7) is 3.55. The second kappa shape index (κ2) is 9.48. The molecular formula is C19H26ClN3O2S. The molecule has 5 nitrogen and oxygen atoms in total. The molecule has 0 bridgehead atoms. The smallest absolute Gasteiger partial charge is 0.240 e. The average Bonchev–Trinajstić information content (AvgIpc) is 3.06. The second-order valence-corrected chi connectivity index (χ2v) is 8.25. The van der Waals surface area contributed by atoms with E-state index in [4.69, 9.17) is 5.73 Å². The first-order chi connectivity index (χ1) is 12.1. The van der Waals surface area contributed by atoms with E-state index in [0.29, 0.717) is 36.4 Å². The summed E-state index contributed by atoms with van der Waals surface area (Å²) in [7, 11) is -3.44. The van der Waals surface area contributed by atoms with Crippen LogP contribution in [0.5, 0.6) is 0 Å². The molecule has 3 rings (SSSR count). The van der Waals surface area contributed by atoms with Gasteiger partial charge in [-0.05, 0) is 30.2 Å². The molecule has 0 unspecified atom stereocenters. The van der Waals surface area contributed by atoms with E-state index in [1.165, 1.54) is 5.56 Å².